The Hall–Kier alpha value is -3.79. The third-order valence-electron chi connectivity index (χ3n) is 4.04. The predicted octanol–water partition coefficient (Wildman–Crippen LogP) is 3.94. The molecule has 126 valence electrons. The number of pyridine rings is 1. The number of nitrogens with zero attached hydrogens (tertiary/aromatic N) is 4. The van der Waals surface area contributed by atoms with Crippen LogP contribution in [-0.2, 0) is 0 Å². The van der Waals surface area contributed by atoms with Crippen LogP contribution in [0.2, 0.25) is 0 Å². The normalized spacial score (nSPS) is 10.8. The Morgan fingerprint density at radius 2 is 1.92 bits per heavy atom. The van der Waals surface area contributed by atoms with E-state index in [0.29, 0.717) is 10.9 Å². The number of phenolic OH excluding ortho intramolecular Hbond substituents is 1. The highest BCUT2D eigenvalue weighted by Crippen LogP contribution is 2.38. The fourth-order valence-corrected chi connectivity index (χ4v) is 2.88. The van der Waals surface area contributed by atoms with Gasteiger partial charge in [-0.25, -0.2) is 18.4 Å². The SMILES string of the molecule is N#Cc1cc(-c2c(-n3ncc4cccc(F)c43)ccc(F)c2O)ccn1. The van der Waals surface area contributed by atoms with Gasteiger partial charge in [0, 0.05) is 11.6 Å². The van der Waals surface area contributed by atoms with Gasteiger partial charge in [0.1, 0.15) is 23.1 Å². The van der Waals surface area contributed by atoms with E-state index in [1.54, 1.807) is 12.1 Å². The van der Waals surface area contributed by atoms with Crippen molar-refractivity contribution in [2.75, 3.05) is 0 Å². The van der Waals surface area contributed by atoms with E-state index in [9.17, 15) is 13.9 Å². The lowest BCUT2D eigenvalue weighted by molar-refractivity contribution is 0.434. The van der Waals surface area contributed by atoms with Crippen LogP contribution in [-0.4, -0.2) is 19.9 Å². The van der Waals surface area contributed by atoms with E-state index in [2.05, 4.69) is 10.1 Å². The zero-order chi connectivity index (χ0) is 18.3. The number of aromatic nitrogens is 3. The van der Waals surface area contributed by atoms with Crippen molar-refractivity contribution in [1.82, 2.24) is 14.8 Å². The van der Waals surface area contributed by atoms with Crippen molar-refractivity contribution in [3.63, 3.8) is 0 Å². The average Bonchev–Trinajstić information content (AvgIpc) is 3.09. The summed E-state index contributed by atoms with van der Waals surface area (Å²) in [6.45, 7) is 0. The number of nitriles is 1. The quantitative estimate of drug-likeness (QED) is 0.595. The Kier molecular flexibility index (Phi) is 3.59. The molecule has 0 unspecified atom stereocenters. The van der Waals surface area contributed by atoms with Gasteiger partial charge >= 0.3 is 0 Å². The molecule has 0 aliphatic rings. The first kappa shape index (κ1) is 15.7. The van der Waals surface area contributed by atoms with Crippen molar-refractivity contribution >= 4 is 10.9 Å². The van der Waals surface area contributed by atoms with Crippen LogP contribution >= 0.6 is 0 Å². The third-order valence-corrected chi connectivity index (χ3v) is 4.04. The number of benzene rings is 2. The van der Waals surface area contributed by atoms with Crippen LogP contribution in [0.3, 0.4) is 0 Å². The highest BCUT2D eigenvalue weighted by molar-refractivity contribution is 5.85. The number of aromatic hydroxyl groups is 1. The monoisotopic (exact) mass is 348 g/mol. The van der Waals surface area contributed by atoms with Gasteiger partial charge in [0.05, 0.1) is 17.4 Å². The second-order valence-corrected chi connectivity index (χ2v) is 5.57. The van der Waals surface area contributed by atoms with E-state index in [1.165, 1.54) is 41.3 Å². The second kappa shape index (κ2) is 5.93. The number of hydrogen-bond acceptors (Lipinski definition) is 4. The molecule has 0 bridgehead atoms. The van der Waals surface area contributed by atoms with Crippen molar-refractivity contribution in [2.45, 2.75) is 0 Å². The van der Waals surface area contributed by atoms with Crippen molar-refractivity contribution < 1.29 is 13.9 Å². The van der Waals surface area contributed by atoms with E-state index >= 15 is 0 Å². The molecule has 0 spiro atoms. The molecule has 2 aromatic heterocycles. The molecule has 0 fully saturated rings. The summed E-state index contributed by atoms with van der Waals surface area (Å²) in [5.41, 5.74) is 1.04. The molecular weight excluding hydrogens is 338 g/mol. The van der Waals surface area contributed by atoms with Gasteiger partial charge in [-0.3, -0.25) is 0 Å². The van der Waals surface area contributed by atoms with Crippen molar-refractivity contribution in [2.24, 2.45) is 0 Å². The molecule has 0 aliphatic heterocycles. The molecule has 4 aromatic rings. The first-order valence-electron chi connectivity index (χ1n) is 7.61. The van der Waals surface area contributed by atoms with Gasteiger partial charge in [-0.2, -0.15) is 10.4 Å². The number of hydrogen-bond donors (Lipinski definition) is 1. The lowest BCUT2D eigenvalue weighted by atomic mass is 10.0. The Bertz CT molecular complexity index is 1190. The van der Waals surface area contributed by atoms with Crippen molar-refractivity contribution in [3.8, 4) is 28.6 Å². The van der Waals surface area contributed by atoms with Crippen LogP contribution in [0.1, 0.15) is 5.69 Å². The number of halogens is 2. The van der Waals surface area contributed by atoms with Gasteiger partial charge in [0.25, 0.3) is 0 Å². The minimum atomic E-state index is -0.837. The predicted molar refractivity (Wildman–Crippen MR) is 90.6 cm³/mol. The fraction of sp³-hybridized carbons (Fsp3) is 0. The summed E-state index contributed by atoms with van der Waals surface area (Å²) in [5.74, 6) is -1.95. The van der Waals surface area contributed by atoms with Gasteiger partial charge in [-0.1, -0.05) is 12.1 Å². The smallest absolute Gasteiger partial charge is 0.165 e. The zero-order valence-corrected chi connectivity index (χ0v) is 13.2. The summed E-state index contributed by atoms with van der Waals surface area (Å²) in [6.07, 6.45) is 2.86. The highest BCUT2D eigenvalue weighted by atomic mass is 19.1. The molecule has 7 heteroatoms. The molecule has 4 rings (SSSR count). The molecule has 0 saturated heterocycles. The molecule has 0 radical (unpaired) electrons. The van der Waals surface area contributed by atoms with Crippen LogP contribution in [0.5, 0.6) is 5.75 Å². The van der Waals surface area contributed by atoms with Gasteiger partial charge < -0.3 is 5.11 Å². The first-order valence-corrected chi connectivity index (χ1v) is 7.61. The molecule has 0 atom stereocenters. The van der Waals surface area contributed by atoms with Crippen LogP contribution in [0.4, 0.5) is 8.78 Å². The molecule has 0 saturated carbocycles. The Labute approximate surface area is 146 Å². The minimum Gasteiger partial charge on any atom is -0.504 e. The molecule has 26 heavy (non-hydrogen) atoms. The van der Waals surface area contributed by atoms with Gasteiger partial charge in [0.2, 0.25) is 0 Å². The summed E-state index contributed by atoms with van der Waals surface area (Å²) in [4.78, 5) is 3.87. The standard InChI is InChI=1S/C19H10F2N4O/c20-14-3-1-2-12-10-24-25(18(12)14)16-5-4-15(21)19(26)17(16)11-6-7-23-13(8-11)9-22/h1-8,10,26H. The fourth-order valence-electron chi connectivity index (χ4n) is 2.88. The molecule has 0 aliphatic carbocycles. The summed E-state index contributed by atoms with van der Waals surface area (Å²) in [7, 11) is 0. The molecular formula is C19H10F2N4O. The first-order chi connectivity index (χ1) is 12.6. The number of para-hydroxylation sites is 1. The Balaban J connectivity index is 2.07. The maximum atomic E-state index is 14.3. The van der Waals surface area contributed by atoms with E-state index < -0.39 is 17.4 Å². The Morgan fingerprint density at radius 3 is 2.73 bits per heavy atom. The van der Waals surface area contributed by atoms with Crippen LogP contribution in [0, 0.1) is 23.0 Å². The molecule has 5 nitrogen and oxygen atoms in total. The molecule has 1 N–H and O–H groups in total. The summed E-state index contributed by atoms with van der Waals surface area (Å²) < 4.78 is 29.7. The van der Waals surface area contributed by atoms with Gasteiger partial charge in [-0.15, -0.1) is 0 Å². The number of phenols is 1. The summed E-state index contributed by atoms with van der Waals surface area (Å²) in [6, 6.07) is 11.9. The third kappa shape index (κ3) is 2.36. The summed E-state index contributed by atoms with van der Waals surface area (Å²) >= 11 is 0. The minimum absolute atomic E-state index is 0.0946. The van der Waals surface area contributed by atoms with E-state index in [1.807, 2.05) is 6.07 Å². The Morgan fingerprint density at radius 1 is 1.08 bits per heavy atom. The van der Waals surface area contributed by atoms with Crippen LogP contribution in [0.25, 0.3) is 27.7 Å². The van der Waals surface area contributed by atoms with Crippen LogP contribution < -0.4 is 0 Å². The maximum absolute atomic E-state index is 14.3. The summed E-state index contributed by atoms with van der Waals surface area (Å²) in [5, 5.41) is 24.1. The lowest BCUT2D eigenvalue weighted by Crippen LogP contribution is -2.02. The maximum Gasteiger partial charge on any atom is 0.165 e. The highest BCUT2D eigenvalue weighted by Gasteiger charge is 2.19. The van der Waals surface area contributed by atoms with Gasteiger partial charge in [-0.05, 0) is 35.9 Å². The van der Waals surface area contributed by atoms with Crippen molar-refractivity contribution in [3.05, 3.63) is 72.2 Å². The van der Waals surface area contributed by atoms with Crippen molar-refractivity contribution in [1.29, 1.82) is 5.26 Å². The van der Waals surface area contributed by atoms with Gasteiger partial charge in [0.15, 0.2) is 11.6 Å². The van der Waals surface area contributed by atoms with E-state index in [-0.39, 0.29) is 22.5 Å². The average molecular weight is 348 g/mol. The topological polar surface area (TPSA) is 74.7 Å². The largest absolute Gasteiger partial charge is 0.504 e. The molecule has 2 heterocycles. The van der Waals surface area contributed by atoms with E-state index in [4.69, 9.17) is 5.26 Å². The zero-order valence-electron chi connectivity index (χ0n) is 13.2. The second-order valence-electron chi connectivity index (χ2n) is 5.57. The molecule has 0 amide bonds. The number of fused-ring (bicyclic) bond motifs is 1. The number of rotatable bonds is 2. The lowest BCUT2D eigenvalue weighted by Gasteiger charge is -2.14. The van der Waals surface area contributed by atoms with Crippen LogP contribution in [0.15, 0.2) is 54.9 Å². The molecule has 2 aromatic carbocycles. The van der Waals surface area contributed by atoms with E-state index in [0.717, 1.165) is 6.07 Å².